The molecule has 3 heterocycles. The quantitative estimate of drug-likeness (QED) is 0.418. The van der Waals surface area contributed by atoms with Gasteiger partial charge in [0.25, 0.3) is 0 Å². The molecule has 0 N–H and O–H groups in total. The molecule has 0 unspecified atom stereocenters. The van der Waals surface area contributed by atoms with Gasteiger partial charge < -0.3 is 9.30 Å². The number of nitrogens with zero attached hydrogens (tertiary/aromatic N) is 2. The lowest BCUT2D eigenvalue weighted by atomic mass is 10.1. The van der Waals surface area contributed by atoms with Crippen LogP contribution in [0.3, 0.4) is 0 Å². The smallest absolute Gasteiger partial charge is 0.142 e. The van der Waals surface area contributed by atoms with Crippen molar-refractivity contribution in [1.82, 2.24) is 9.47 Å². The van der Waals surface area contributed by atoms with Gasteiger partial charge in [0.1, 0.15) is 18.2 Å². The largest absolute Gasteiger partial charge is 0.490 e. The molecule has 1 aliphatic heterocycles. The summed E-state index contributed by atoms with van der Waals surface area (Å²) in [7, 11) is 0. The van der Waals surface area contributed by atoms with Crippen LogP contribution in [0.5, 0.6) is 5.75 Å². The second-order valence-corrected chi connectivity index (χ2v) is 8.18. The molecule has 5 rings (SSSR count). The molecule has 0 fully saturated rings. The summed E-state index contributed by atoms with van der Waals surface area (Å²) in [5, 5.41) is 5.75. The Morgan fingerprint density at radius 1 is 1.14 bits per heavy atom. The van der Waals surface area contributed by atoms with Crippen LogP contribution in [0.2, 0.25) is 5.02 Å². The summed E-state index contributed by atoms with van der Waals surface area (Å²) in [6.45, 7) is 3.12. The van der Waals surface area contributed by atoms with E-state index in [9.17, 15) is 4.39 Å². The molecule has 0 aliphatic carbocycles. The third-order valence-electron chi connectivity index (χ3n) is 5.07. The summed E-state index contributed by atoms with van der Waals surface area (Å²) in [6, 6.07) is 12.9. The topological polar surface area (TPSA) is 17.4 Å². The van der Waals surface area contributed by atoms with E-state index in [1.807, 2.05) is 22.9 Å². The fourth-order valence-corrected chi connectivity index (χ4v) is 4.71. The van der Waals surface area contributed by atoms with Crippen LogP contribution in [-0.2, 0) is 13.1 Å². The van der Waals surface area contributed by atoms with Crippen molar-refractivity contribution in [2.45, 2.75) is 13.1 Å². The van der Waals surface area contributed by atoms with Gasteiger partial charge in [-0.25, -0.2) is 4.39 Å². The van der Waals surface area contributed by atoms with Crippen molar-refractivity contribution in [3.8, 4) is 11.4 Å². The van der Waals surface area contributed by atoms with Crippen molar-refractivity contribution in [3.05, 3.63) is 81.4 Å². The molecule has 0 spiro atoms. The maximum atomic E-state index is 13.5. The Kier molecular flexibility index (Phi) is 4.59. The molecule has 142 valence electrons. The van der Waals surface area contributed by atoms with Crippen LogP contribution in [0.25, 0.3) is 16.6 Å². The molecule has 0 radical (unpaired) electrons. The van der Waals surface area contributed by atoms with Gasteiger partial charge in [-0.2, -0.15) is 11.3 Å². The van der Waals surface area contributed by atoms with Gasteiger partial charge in [0, 0.05) is 42.5 Å². The first-order chi connectivity index (χ1) is 13.7. The Bertz CT molecular complexity index is 1140. The molecule has 0 saturated heterocycles. The van der Waals surface area contributed by atoms with Crippen LogP contribution in [0.1, 0.15) is 11.1 Å². The normalized spacial score (nSPS) is 14.6. The Labute approximate surface area is 171 Å². The number of hydrogen-bond acceptors (Lipinski definition) is 3. The summed E-state index contributed by atoms with van der Waals surface area (Å²) < 4.78 is 21.5. The number of ether oxygens (including phenoxy) is 1. The van der Waals surface area contributed by atoms with Gasteiger partial charge >= 0.3 is 0 Å². The van der Waals surface area contributed by atoms with E-state index in [2.05, 4.69) is 27.8 Å². The fourth-order valence-electron chi connectivity index (χ4n) is 3.76. The molecular weight excluding hydrogens is 395 g/mol. The van der Waals surface area contributed by atoms with Gasteiger partial charge in [-0.05, 0) is 58.8 Å². The summed E-state index contributed by atoms with van der Waals surface area (Å²) in [5.74, 6) is 0.531. The standard InChI is InChI=1S/C22H18ClFN2OS/c23-20-11-19(26-5-3-16-9-18(24)1-2-21(16)26)10-17-13-25(6-7-27-22(17)20)12-15-4-8-28-14-15/h1-5,8-11,14H,6-7,12-13H2. The number of aromatic nitrogens is 1. The van der Waals surface area contributed by atoms with Crippen molar-refractivity contribution in [2.75, 3.05) is 13.2 Å². The third-order valence-corrected chi connectivity index (χ3v) is 6.08. The molecule has 6 heteroatoms. The van der Waals surface area contributed by atoms with E-state index in [1.54, 1.807) is 23.5 Å². The Morgan fingerprint density at radius 3 is 2.93 bits per heavy atom. The average molecular weight is 413 g/mol. The molecule has 0 bridgehead atoms. The van der Waals surface area contributed by atoms with Gasteiger partial charge in [-0.1, -0.05) is 11.6 Å². The van der Waals surface area contributed by atoms with Gasteiger partial charge in [-0.15, -0.1) is 0 Å². The zero-order valence-electron chi connectivity index (χ0n) is 15.1. The van der Waals surface area contributed by atoms with Gasteiger partial charge in [0.15, 0.2) is 0 Å². The fraction of sp³-hybridized carbons (Fsp3) is 0.182. The third kappa shape index (κ3) is 3.30. The molecule has 0 amide bonds. The monoisotopic (exact) mass is 412 g/mol. The molecule has 0 saturated carbocycles. The minimum Gasteiger partial charge on any atom is -0.490 e. The first kappa shape index (κ1) is 17.7. The minimum absolute atomic E-state index is 0.234. The van der Waals surface area contributed by atoms with E-state index in [4.69, 9.17) is 16.3 Å². The number of rotatable bonds is 3. The highest BCUT2D eigenvalue weighted by atomic mass is 35.5. The van der Waals surface area contributed by atoms with Crippen LogP contribution < -0.4 is 4.74 Å². The van der Waals surface area contributed by atoms with Crippen molar-refractivity contribution in [3.63, 3.8) is 0 Å². The molecular formula is C22H18ClFN2OS. The van der Waals surface area contributed by atoms with E-state index in [0.717, 1.165) is 47.5 Å². The number of thiophene rings is 1. The molecule has 1 aliphatic rings. The van der Waals surface area contributed by atoms with E-state index >= 15 is 0 Å². The van der Waals surface area contributed by atoms with E-state index in [0.29, 0.717) is 11.6 Å². The van der Waals surface area contributed by atoms with Gasteiger partial charge in [-0.3, -0.25) is 4.90 Å². The molecule has 28 heavy (non-hydrogen) atoms. The highest BCUT2D eigenvalue weighted by Gasteiger charge is 2.20. The first-order valence-corrected chi connectivity index (χ1v) is 10.4. The Balaban J connectivity index is 1.53. The summed E-state index contributed by atoms with van der Waals surface area (Å²) in [5.41, 5.74) is 4.28. The van der Waals surface area contributed by atoms with Crippen LogP contribution in [0.4, 0.5) is 4.39 Å². The predicted octanol–water partition coefficient (Wildman–Crippen LogP) is 5.88. The highest BCUT2D eigenvalue weighted by molar-refractivity contribution is 7.07. The molecule has 2 aromatic heterocycles. The summed E-state index contributed by atoms with van der Waals surface area (Å²) >= 11 is 8.30. The van der Waals surface area contributed by atoms with Gasteiger partial charge in [0.05, 0.1) is 10.5 Å². The van der Waals surface area contributed by atoms with Crippen LogP contribution in [0.15, 0.2) is 59.4 Å². The number of hydrogen-bond donors (Lipinski definition) is 0. The highest BCUT2D eigenvalue weighted by Crippen LogP contribution is 2.35. The van der Waals surface area contributed by atoms with E-state index in [1.165, 1.54) is 11.6 Å². The Morgan fingerprint density at radius 2 is 2.07 bits per heavy atom. The van der Waals surface area contributed by atoms with E-state index < -0.39 is 0 Å². The summed E-state index contributed by atoms with van der Waals surface area (Å²) in [4.78, 5) is 2.37. The lowest BCUT2D eigenvalue weighted by molar-refractivity contribution is 0.220. The van der Waals surface area contributed by atoms with Crippen molar-refractivity contribution >= 4 is 33.8 Å². The zero-order chi connectivity index (χ0) is 19.1. The van der Waals surface area contributed by atoms with Crippen LogP contribution >= 0.6 is 22.9 Å². The Hall–Kier alpha value is -2.34. The van der Waals surface area contributed by atoms with Crippen LogP contribution in [-0.4, -0.2) is 22.6 Å². The van der Waals surface area contributed by atoms with Crippen molar-refractivity contribution in [1.29, 1.82) is 0 Å². The lowest BCUT2D eigenvalue weighted by Crippen LogP contribution is -2.25. The second kappa shape index (κ2) is 7.24. The molecule has 2 aromatic carbocycles. The van der Waals surface area contributed by atoms with Gasteiger partial charge in [0.2, 0.25) is 0 Å². The van der Waals surface area contributed by atoms with Crippen molar-refractivity contribution in [2.24, 2.45) is 0 Å². The maximum Gasteiger partial charge on any atom is 0.142 e. The SMILES string of the molecule is Fc1ccc2c(ccn2-c2cc(Cl)c3c(c2)CN(Cc2ccsc2)CCO3)c1. The zero-order valence-corrected chi connectivity index (χ0v) is 16.6. The second-order valence-electron chi connectivity index (χ2n) is 7.00. The molecule has 4 aromatic rings. The molecule has 0 atom stereocenters. The summed E-state index contributed by atoms with van der Waals surface area (Å²) in [6.07, 6.45) is 1.95. The van der Waals surface area contributed by atoms with E-state index in [-0.39, 0.29) is 5.82 Å². The number of benzene rings is 2. The lowest BCUT2D eigenvalue weighted by Gasteiger charge is -2.19. The van der Waals surface area contributed by atoms with Crippen molar-refractivity contribution < 1.29 is 9.13 Å². The molecule has 3 nitrogen and oxygen atoms in total. The minimum atomic E-state index is -0.234. The average Bonchev–Trinajstić information content (AvgIpc) is 3.27. The number of halogens is 2. The predicted molar refractivity (Wildman–Crippen MR) is 112 cm³/mol. The van der Waals surface area contributed by atoms with Crippen LogP contribution in [0, 0.1) is 5.82 Å². The number of fused-ring (bicyclic) bond motifs is 2. The first-order valence-electron chi connectivity index (χ1n) is 9.13. The maximum absolute atomic E-state index is 13.5.